The molecule has 0 radical (unpaired) electrons. The molecule has 0 saturated heterocycles. The molecule has 0 aliphatic carbocycles. The number of nitrogens with one attached hydrogen (secondary N) is 1. The first-order valence-electron chi connectivity index (χ1n) is 8.54. The highest BCUT2D eigenvalue weighted by Gasteiger charge is 2.29. The number of hydrogen-bond donors (Lipinski definition) is 1. The Morgan fingerprint density at radius 2 is 2.04 bits per heavy atom. The number of carbonyl (C=O) groups is 1. The van der Waals surface area contributed by atoms with Crippen molar-refractivity contribution < 1.29 is 22.7 Å². The van der Waals surface area contributed by atoms with E-state index in [-0.39, 0.29) is 6.54 Å². The summed E-state index contributed by atoms with van der Waals surface area (Å²) in [4.78, 5) is 20.0. The number of alkyl carbamates (subject to hydrolysis) is 1. The van der Waals surface area contributed by atoms with Gasteiger partial charge in [-0.25, -0.2) is 14.3 Å². The molecule has 2 rings (SSSR count). The van der Waals surface area contributed by atoms with E-state index in [1.807, 2.05) is 13.8 Å². The van der Waals surface area contributed by atoms with Crippen LogP contribution in [0.1, 0.15) is 36.7 Å². The minimum atomic E-state index is -4.54. The number of alkyl halides is 3. The summed E-state index contributed by atoms with van der Waals surface area (Å²) >= 11 is 1.27. The maximum Gasteiger partial charge on any atom is 0.422 e. The van der Waals surface area contributed by atoms with Crippen LogP contribution in [0.5, 0.6) is 0 Å². The molecule has 0 spiro atoms. The minimum Gasteiger partial charge on any atom is -0.440 e. The maximum absolute atomic E-state index is 12.0. The highest BCUT2D eigenvalue weighted by atomic mass is 32.2. The van der Waals surface area contributed by atoms with E-state index in [0.717, 1.165) is 30.7 Å². The Labute approximate surface area is 159 Å². The number of ether oxygens (including phenoxy) is 1. The van der Waals surface area contributed by atoms with Gasteiger partial charge in [-0.1, -0.05) is 25.1 Å². The largest absolute Gasteiger partial charge is 0.440 e. The van der Waals surface area contributed by atoms with E-state index in [1.54, 1.807) is 4.52 Å². The van der Waals surface area contributed by atoms with Crippen LogP contribution in [0.15, 0.2) is 5.16 Å². The lowest BCUT2D eigenvalue weighted by molar-refractivity contribution is -0.160. The van der Waals surface area contributed by atoms with Crippen LogP contribution >= 0.6 is 11.8 Å². The summed E-state index contributed by atoms with van der Waals surface area (Å²) in [5.41, 5.74) is 3.10. The van der Waals surface area contributed by atoms with E-state index in [0.29, 0.717) is 16.7 Å². The van der Waals surface area contributed by atoms with Gasteiger partial charge in [-0.05, 0) is 32.3 Å². The summed E-state index contributed by atoms with van der Waals surface area (Å²) in [7, 11) is 0. The summed E-state index contributed by atoms with van der Waals surface area (Å²) in [6.45, 7) is 4.59. The topological polar surface area (TPSA) is 81.4 Å². The molecule has 2 heterocycles. The first-order chi connectivity index (χ1) is 12.7. The summed E-state index contributed by atoms with van der Waals surface area (Å²) in [6, 6.07) is 0. The van der Waals surface area contributed by atoms with Gasteiger partial charge in [-0.3, -0.25) is 0 Å². The van der Waals surface area contributed by atoms with Crippen molar-refractivity contribution in [2.45, 2.75) is 51.4 Å². The lowest BCUT2D eigenvalue weighted by Gasteiger charge is -2.09. The van der Waals surface area contributed by atoms with Crippen LogP contribution in [0.2, 0.25) is 0 Å². The average Bonchev–Trinajstić information content (AvgIpc) is 2.99. The van der Waals surface area contributed by atoms with Gasteiger partial charge >= 0.3 is 12.3 Å². The predicted molar refractivity (Wildman–Crippen MR) is 95.0 cm³/mol. The number of unbranched alkanes of at least 4 members (excludes halogenated alkanes) is 1. The molecule has 150 valence electrons. The number of rotatable bonds is 8. The second-order valence-corrected chi connectivity index (χ2v) is 7.00. The third-order valence-electron chi connectivity index (χ3n) is 3.78. The molecule has 1 N–H and O–H groups in total. The summed E-state index contributed by atoms with van der Waals surface area (Å²) in [5.74, 6) is 0.893. The van der Waals surface area contributed by atoms with E-state index in [4.69, 9.17) is 0 Å². The van der Waals surface area contributed by atoms with Crippen molar-refractivity contribution in [1.29, 1.82) is 0 Å². The van der Waals surface area contributed by atoms with Gasteiger partial charge in [0.15, 0.2) is 6.61 Å². The standard InChI is InChI=1S/C16H22F3N5O2S/c1-4-5-6-12-10(2)21-13-22-14(23-24(13)11(12)3)27-8-7-20-15(25)26-9-16(17,18)19/h4-9H2,1-3H3,(H,20,25). The molecule has 1 amide bonds. The summed E-state index contributed by atoms with van der Waals surface area (Å²) in [5, 5.41) is 7.16. The fourth-order valence-electron chi connectivity index (χ4n) is 2.46. The fraction of sp³-hybridized carbons (Fsp3) is 0.625. The maximum atomic E-state index is 12.0. The molecule has 0 aliphatic heterocycles. The molecule has 27 heavy (non-hydrogen) atoms. The van der Waals surface area contributed by atoms with Crippen molar-refractivity contribution >= 4 is 23.6 Å². The lowest BCUT2D eigenvalue weighted by Crippen LogP contribution is -2.30. The minimum absolute atomic E-state index is 0.129. The van der Waals surface area contributed by atoms with Crippen molar-refractivity contribution in [1.82, 2.24) is 24.9 Å². The van der Waals surface area contributed by atoms with E-state index in [9.17, 15) is 18.0 Å². The number of carbonyl (C=O) groups excluding carboxylic acids is 1. The van der Waals surface area contributed by atoms with Crippen molar-refractivity contribution in [3.8, 4) is 0 Å². The Hall–Kier alpha value is -2.04. The highest BCUT2D eigenvalue weighted by molar-refractivity contribution is 7.99. The van der Waals surface area contributed by atoms with Gasteiger partial charge in [0.2, 0.25) is 5.16 Å². The van der Waals surface area contributed by atoms with Crippen LogP contribution in [-0.2, 0) is 11.2 Å². The second kappa shape index (κ2) is 9.25. The SMILES string of the molecule is CCCCc1c(C)nc2nc(SCCNC(=O)OCC(F)(F)F)nn2c1C. The number of aromatic nitrogens is 4. The number of amides is 1. The molecule has 0 fully saturated rings. The smallest absolute Gasteiger partial charge is 0.422 e. The molecule has 0 atom stereocenters. The van der Waals surface area contributed by atoms with Gasteiger partial charge in [0.1, 0.15) is 0 Å². The molecule has 0 saturated carbocycles. The van der Waals surface area contributed by atoms with Crippen molar-refractivity contribution in [3.05, 3.63) is 17.0 Å². The molecule has 0 bridgehead atoms. The zero-order chi connectivity index (χ0) is 20.0. The zero-order valence-electron chi connectivity index (χ0n) is 15.4. The number of aryl methyl sites for hydroxylation is 2. The highest BCUT2D eigenvalue weighted by Crippen LogP contribution is 2.19. The second-order valence-electron chi connectivity index (χ2n) is 5.94. The molecular weight excluding hydrogens is 383 g/mol. The summed E-state index contributed by atoms with van der Waals surface area (Å²) in [6.07, 6.45) is -2.55. The van der Waals surface area contributed by atoms with Crippen molar-refractivity contribution in [2.75, 3.05) is 18.9 Å². The van der Waals surface area contributed by atoms with E-state index in [1.165, 1.54) is 17.3 Å². The Bertz CT molecular complexity index is 794. The van der Waals surface area contributed by atoms with Gasteiger partial charge in [-0.2, -0.15) is 18.2 Å². The van der Waals surface area contributed by atoms with Gasteiger partial charge < -0.3 is 10.1 Å². The normalized spacial score (nSPS) is 11.8. The molecule has 0 aliphatic rings. The van der Waals surface area contributed by atoms with Crippen LogP contribution in [0.3, 0.4) is 0 Å². The molecule has 2 aromatic heterocycles. The zero-order valence-corrected chi connectivity index (χ0v) is 16.2. The average molecular weight is 405 g/mol. The Kier molecular flexibility index (Phi) is 7.28. The van der Waals surface area contributed by atoms with E-state index in [2.05, 4.69) is 32.0 Å². The third-order valence-corrected chi connectivity index (χ3v) is 4.62. The van der Waals surface area contributed by atoms with Crippen molar-refractivity contribution in [3.63, 3.8) is 0 Å². The number of fused-ring (bicyclic) bond motifs is 1. The number of halogens is 3. The first kappa shape index (κ1) is 21.3. The molecular formula is C16H22F3N5O2S. The van der Waals surface area contributed by atoms with Crippen LogP contribution < -0.4 is 5.32 Å². The van der Waals surface area contributed by atoms with Crippen LogP contribution in [0.4, 0.5) is 18.0 Å². The van der Waals surface area contributed by atoms with Gasteiger partial charge in [0.25, 0.3) is 5.78 Å². The Balaban J connectivity index is 1.90. The summed E-state index contributed by atoms with van der Waals surface area (Å²) < 4.78 is 41.6. The fourth-order valence-corrected chi connectivity index (χ4v) is 3.13. The van der Waals surface area contributed by atoms with Gasteiger partial charge in [-0.15, -0.1) is 5.10 Å². The lowest BCUT2D eigenvalue weighted by atomic mass is 10.1. The van der Waals surface area contributed by atoms with Crippen LogP contribution in [-0.4, -0.2) is 50.8 Å². The van der Waals surface area contributed by atoms with E-state index >= 15 is 0 Å². The molecule has 11 heteroatoms. The van der Waals surface area contributed by atoms with Gasteiger partial charge in [0.05, 0.1) is 0 Å². The molecule has 2 aromatic rings. The van der Waals surface area contributed by atoms with Crippen molar-refractivity contribution in [2.24, 2.45) is 0 Å². The first-order valence-corrected chi connectivity index (χ1v) is 9.53. The number of hydrogen-bond acceptors (Lipinski definition) is 6. The molecule has 0 unspecified atom stereocenters. The van der Waals surface area contributed by atoms with E-state index < -0.39 is 18.9 Å². The molecule has 0 aromatic carbocycles. The Morgan fingerprint density at radius 3 is 2.70 bits per heavy atom. The monoisotopic (exact) mass is 405 g/mol. The van der Waals surface area contributed by atoms with Crippen LogP contribution in [0.25, 0.3) is 5.78 Å². The Morgan fingerprint density at radius 1 is 1.30 bits per heavy atom. The number of thioether (sulfide) groups is 1. The third kappa shape index (κ3) is 6.26. The van der Waals surface area contributed by atoms with Gasteiger partial charge in [0, 0.05) is 23.7 Å². The predicted octanol–water partition coefficient (Wildman–Crippen LogP) is 3.46. The number of nitrogens with zero attached hydrogens (tertiary/aromatic N) is 4. The molecule has 7 nitrogen and oxygen atoms in total. The quantitative estimate of drug-likeness (QED) is 0.535. The van der Waals surface area contributed by atoms with Crippen LogP contribution in [0, 0.1) is 13.8 Å².